The van der Waals surface area contributed by atoms with Crippen molar-refractivity contribution in [3.63, 3.8) is 0 Å². The van der Waals surface area contributed by atoms with Crippen LogP contribution in [0.1, 0.15) is 16.7 Å². The number of halogens is 1. The summed E-state index contributed by atoms with van der Waals surface area (Å²) >= 11 is 3.55. The first-order valence-electron chi connectivity index (χ1n) is 6.44. The third kappa shape index (κ3) is 3.84. The third-order valence-electron chi connectivity index (χ3n) is 2.98. The van der Waals surface area contributed by atoms with E-state index in [9.17, 15) is 0 Å². The van der Waals surface area contributed by atoms with Gasteiger partial charge in [0.2, 0.25) is 0 Å². The molecular formula is C16H18BrN3. The highest BCUT2D eigenvalue weighted by molar-refractivity contribution is 9.10. The van der Waals surface area contributed by atoms with Crippen LogP contribution in [0.15, 0.2) is 51.9 Å². The van der Waals surface area contributed by atoms with Crippen LogP contribution in [-0.4, -0.2) is 5.96 Å². The first-order chi connectivity index (χ1) is 9.56. The molecule has 2 aromatic carbocycles. The molecule has 0 aliphatic carbocycles. The van der Waals surface area contributed by atoms with Gasteiger partial charge in [0.15, 0.2) is 5.96 Å². The topological polar surface area (TPSA) is 50.4 Å². The second kappa shape index (κ2) is 6.57. The van der Waals surface area contributed by atoms with Crippen molar-refractivity contribution >= 4 is 27.6 Å². The Morgan fingerprint density at radius 2 is 1.75 bits per heavy atom. The van der Waals surface area contributed by atoms with E-state index in [1.165, 1.54) is 11.1 Å². The van der Waals surface area contributed by atoms with Gasteiger partial charge in [-0.05, 0) is 42.7 Å². The highest BCUT2D eigenvalue weighted by Crippen LogP contribution is 2.24. The zero-order valence-electron chi connectivity index (χ0n) is 11.7. The second-order valence-electron chi connectivity index (χ2n) is 4.74. The van der Waals surface area contributed by atoms with Crippen molar-refractivity contribution < 1.29 is 0 Å². The fraction of sp³-hybridized carbons (Fsp3) is 0.188. The number of rotatable bonds is 3. The Balaban J connectivity index is 2.06. The number of guanidine groups is 1. The number of aryl methyl sites for hydroxylation is 2. The van der Waals surface area contributed by atoms with Gasteiger partial charge in [-0.1, -0.05) is 46.3 Å². The lowest BCUT2D eigenvalue weighted by Crippen LogP contribution is -2.22. The first-order valence-corrected chi connectivity index (χ1v) is 7.23. The van der Waals surface area contributed by atoms with E-state index in [1.54, 1.807) is 0 Å². The Kier molecular flexibility index (Phi) is 4.79. The standard InChI is InChI=1S/C16H18BrN3/c1-11-8-14(9-12(2)15(11)17)20-16(18)19-10-13-6-4-3-5-7-13/h3-9H,10H2,1-2H3,(H3,18,19,20). The van der Waals surface area contributed by atoms with Gasteiger partial charge in [-0.2, -0.15) is 0 Å². The van der Waals surface area contributed by atoms with Crippen LogP contribution in [-0.2, 0) is 6.54 Å². The molecule has 0 heterocycles. The first kappa shape index (κ1) is 14.6. The zero-order valence-corrected chi connectivity index (χ0v) is 13.2. The molecule has 0 saturated heterocycles. The number of hydrogen-bond donors (Lipinski definition) is 2. The summed E-state index contributed by atoms with van der Waals surface area (Å²) in [5.74, 6) is 0.426. The maximum absolute atomic E-state index is 5.92. The molecule has 0 saturated carbocycles. The van der Waals surface area contributed by atoms with Gasteiger partial charge in [0, 0.05) is 10.2 Å². The number of benzene rings is 2. The Morgan fingerprint density at radius 3 is 2.35 bits per heavy atom. The molecule has 3 N–H and O–H groups in total. The normalized spacial score (nSPS) is 11.4. The average Bonchev–Trinajstić information content (AvgIpc) is 2.43. The summed E-state index contributed by atoms with van der Waals surface area (Å²) in [6.45, 7) is 4.69. The van der Waals surface area contributed by atoms with Crippen LogP contribution in [0.3, 0.4) is 0 Å². The monoisotopic (exact) mass is 331 g/mol. The van der Waals surface area contributed by atoms with Crippen LogP contribution in [0.5, 0.6) is 0 Å². The number of nitrogens with one attached hydrogen (secondary N) is 1. The van der Waals surface area contributed by atoms with E-state index in [-0.39, 0.29) is 0 Å². The Morgan fingerprint density at radius 1 is 1.15 bits per heavy atom. The smallest absolute Gasteiger partial charge is 0.193 e. The predicted octanol–water partition coefficient (Wildman–Crippen LogP) is 3.99. The van der Waals surface area contributed by atoms with Gasteiger partial charge in [0.25, 0.3) is 0 Å². The second-order valence-corrected chi connectivity index (χ2v) is 5.53. The fourth-order valence-electron chi connectivity index (χ4n) is 1.97. The number of anilines is 1. The molecule has 0 spiro atoms. The van der Waals surface area contributed by atoms with Crippen LogP contribution in [0.4, 0.5) is 5.69 Å². The van der Waals surface area contributed by atoms with Gasteiger partial charge in [0.1, 0.15) is 0 Å². The molecule has 20 heavy (non-hydrogen) atoms. The third-order valence-corrected chi connectivity index (χ3v) is 4.23. The van der Waals surface area contributed by atoms with Crippen molar-refractivity contribution in [1.82, 2.24) is 0 Å². The molecule has 0 atom stereocenters. The molecule has 0 radical (unpaired) electrons. The van der Waals surface area contributed by atoms with Crippen LogP contribution in [0, 0.1) is 13.8 Å². The molecule has 0 aliphatic rings. The number of nitrogens with two attached hydrogens (primary N) is 1. The summed E-state index contributed by atoms with van der Waals surface area (Å²) in [5.41, 5.74) is 10.4. The molecule has 4 heteroatoms. The fourth-order valence-corrected chi connectivity index (χ4v) is 2.19. The van der Waals surface area contributed by atoms with Gasteiger partial charge >= 0.3 is 0 Å². The lowest BCUT2D eigenvalue weighted by molar-refractivity contribution is 1.06. The number of aliphatic imine (C=N–C) groups is 1. The van der Waals surface area contributed by atoms with Crippen molar-refractivity contribution in [2.75, 3.05) is 5.32 Å². The summed E-state index contributed by atoms with van der Waals surface area (Å²) in [5, 5.41) is 3.13. The summed E-state index contributed by atoms with van der Waals surface area (Å²) in [7, 11) is 0. The Hall–Kier alpha value is -1.81. The number of nitrogens with zero attached hydrogens (tertiary/aromatic N) is 1. The van der Waals surface area contributed by atoms with Crippen LogP contribution < -0.4 is 11.1 Å². The summed E-state index contributed by atoms with van der Waals surface area (Å²) in [4.78, 5) is 4.34. The van der Waals surface area contributed by atoms with E-state index in [1.807, 2.05) is 42.5 Å². The van der Waals surface area contributed by atoms with E-state index >= 15 is 0 Å². The zero-order chi connectivity index (χ0) is 14.5. The Labute approximate surface area is 128 Å². The average molecular weight is 332 g/mol. The van der Waals surface area contributed by atoms with Gasteiger partial charge in [-0.25, -0.2) is 4.99 Å². The molecule has 0 amide bonds. The summed E-state index contributed by atoms with van der Waals surface area (Å²) in [6, 6.07) is 14.1. The van der Waals surface area contributed by atoms with Crippen molar-refractivity contribution in [3.05, 3.63) is 63.6 Å². The van der Waals surface area contributed by atoms with E-state index in [0.717, 1.165) is 15.7 Å². The minimum Gasteiger partial charge on any atom is -0.370 e. The quantitative estimate of drug-likeness (QED) is 0.659. The molecule has 2 rings (SSSR count). The van der Waals surface area contributed by atoms with Crippen LogP contribution in [0.25, 0.3) is 0 Å². The van der Waals surface area contributed by atoms with Gasteiger partial charge in [-0.15, -0.1) is 0 Å². The minimum atomic E-state index is 0.426. The molecular weight excluding hydrogens is 314 g/mol. The largest absolute Gasteiger partial charge is 0.370 e. The lowest BCUT2D eigenvalue weighted by Gasteiger charge is -2.10. The van der Waals surface area contributed by atoms with Gasteiger partial charge in [0.05, 0.1) is 6.54 Å². The van der Waals surface area contributed by atoms with E-state index in [2.05, 4.69) is 40.1 Å². The summed E-state index contributed by atoms with van der Waals surface area (Å²) < 4.78 is 1.13. The molecule has 0 fully saturated rings. The van der Waals surface area contributed by atoms with Gasteiger partial charge in [-0.3, -0.25) is 0 Å². The highest BCUT2D eigenvalue weighted by atomic mass is 79.9. The SMILES string of the molecule is Cc1cc(NC(N)=NCc2ccccc2)cc(C)c1Br. The molecule has 3 nitrogen and oxygen atoms in total. The minimum absolute atomic E-state index is 0.426. The maximum atomic E-state index is 5.92. The number of hydrogen-bond acceptors (Lipinski definition) is 1. The van der Waals surface area contributed by atoms with Crippen LogP contribution >= 0.6 is 15.9 Å². The molecule has 2 aromatic rings. The molecule has 0 bridgehead atoms. The van der Waals surface area contributed by atoms with Crippen molar-refractivity contribution in [3.8, 4) is 0 Å². The summed E-state index contributed by atoms with van der Waals surface area (Å²) in [6.07, 6.45) is 0. The molecule has 0 aromatic heterocycles. The molecule has 104 valence electrons. The van der Waals surface area contributed by atoms with Crippen molar-refractivity contribution in [2.24, 2.45) is 10.7 Å². The maximum Gasteiger partial charge on any atom is 0.193 e. The van der Waals surface area contributed by atoms with Gasteiger partial charge < -0.3 is 11.1 Å². The molecule has 0 aliphatic heterocycles. The van der Waals surface area contributed by atoms with E-state index in [4.69, 9.17) is 5.73 Å². The lowest BCUT2D eigenvalue weighted by atomic mass is 10.1. The Bertz CT molecular complexity index is 598. The predicted molar refractivity (Wildman–Crippen MR) is 89.0 cm³/mol. The van der Waals surface area contributed by atoms with E-state index < -0.39 is 0 Å². The molecule has 0 unspecified atom stereocenters. The highest BCUT2D eigenvalue weighted by Gasteiger charge is 2.03. The van der Waals surface area contributed by atoms with Crippen LogP contribution in [0.2, 0.25) is 0 Å². The van der Waals surface area contributed by atoms with Crippen molar-refractivity contribution in [1.29, 1.82) is 0 Å². The van der Waals surface area contributed by atoms with Crippen molar-refractivity contribution in [2.45, 2.75) is 20.4 Å². The van der Waals surface area contributed by atoms with E-state index in [0.29, 0.717) is 12.5 Å².